The van der Waals surface area contributed by atoms with Crippen LogP contribution in [0.3, 0.4) is 0 Å². The monoisotopic (exact) mass is 311 g/mol. The molecule has 116 valence electrons. The van der Waals surface area contributed by atoms with E-state index in [1.807, 2.05) is 10.7 Å². The third kappa shape index (κ3) is 3.41. The molecule has 2 heterocycles. The lowest BCUT2D eigenvalue weighted by Crippen LogP contribution is -2.26. The first-order valence-corrected chi connectivity index (χ1v) is 7.66. The molecule has 1 unspecified atom stereocenters. The molecule has 1 N–H and O–H groups in total. The van der Waals surface area contributed by atoms with Gasteiger partial charge in [-0.05, 0) is 37.1 Å². The van der Waals surface area contributed by atoms with Gasteiger partial charge in [0.1, 0.15) is 5.69 Å². The molecule has 0 fully saturated rings. The third-order valence-corrected chi connectivity index (χ3v) is 3.64. The van der Waals surface area contributed by atoms with Gasteiger partial charge in [0, 0.05) is 12.1 Å². The number of furan rings is 1. The summed E-state index contributed by atoms with van der Waals surface area (Å²) < 4.78 is 12.7. The molecule has 0 saturated heterocycles. The van der Waals surface area contributed by atoms with Crippen LogP contribution in [0, 0.1) is 0 Å². The van der Waals surface area contributed by atoms with Crippen molar-refractivity contribution in [2.45, 2.75) is 39.3 Å². The zero-order chi connectivity index (χ0) is 15.2. The van der Waals surface area contributed by atoms with E-state index < -0.39 is 0 Å². The molecule has 6 heteroatoms. The van der Waals surface area contributed by atoms with Crippen molar-refractivity contribution < 1.29 is 9.15 Å². The minimum Gasteiger partial charge on any atom is -0.493 e. The Bertz CT molecular complexity index is 565. The second-order valence-electron chi connectivity index (χ2n) is 4.86. The molecule has 5 nitrogen and oxygen atoms in total. The molecule has 2 aromatic heterocycles. The van der Waals surface area contributed by atoms with Gasteiger partial charge in [-0.15, -0.1) is 0 Å². The van der Waals surface area contributed by atoms with E-state index in [0.29, 0.717) is 5.22 Å². The summed E-state index contributed by atoms with van der Waals surface area (Å²) in [5.74, 6) is 0.759. The molecule has 0 saturated carbocycles. The number of nitrogens with zero attached hydrogens (tertiary/aromatic N) is 2. The van der Waals surface area contributed by atoms with E-state index in [4.69, 9.17) is 20.8 Å². The molecular weight excluding hydrogens is 290 g/mol. The Hall–Kier alpha value is -1.46. The molecule has 0 aliphatic heterocycles. The van der Waals surface area contributed by atoms with Crippen LogP contribution in [0.15, 0.2) is 22.9 Å². The van der Waals surface area contributed by atoms with Gasteiger partial charge >= 0.3 is 0 Å². The summed E-state index contributed by atoms with van der Waals surface area (Å²) in [5.41, 5.74) is 1.89. The van der Waals surface area contributed by atoms with Crippen molar-refractivity contribution >= 4 is 11.6 Å². The van der Waals surface area contributed by atoms with Crippen LogP contribution >= 0.6 is 11.6 Å². The van der Waals surface area contributed by atoms with Crippen LogP contribution in [-0.2, 0) is 6.54 Å². The van der Waals surface area contributed by atoms with E-state index in [1.165, 1.54) is 0 Å². The fraction of sp³-hybridized carbons (Fsp3) is 0.533. The highest BCUT2D eigenvalue weighted by Crippen LogP contribution is 2.34. The molecule has 0 aromatic carbocycles. The number of hydrogen-bond donors (Lipinski definition) is 1. The Kier molecular flexibility index (Phi) is 5.70. The Labute approximate surface area is 130 Å². The van der Waals surface area contributed by atoms with Crippen LogP contribution in [0.2, 0.25) is 5.22 Å². The minimum atomic E-state index is -0.0970. The van der Waals surface area contributed by atoms with Crippen molar-refractivity contribution in [3.8, 4) is 5.75 Å². The maximum absolute atomic E-state index is 6.18. The first-order chi connectivity index (χ1) is 10.2. The van der Waals surface area contributed by atoms with Gasteiger partial charge in [-0.2, -0.15) is 5.10 Å². The Morgan fingerprint density at radius 1 is 1.43 bits per heavy atom. The predicted octanol–water partition coefficient (Wildman–Crippen LogP) is 3.64. The molecule has 0 aliphatic rings. The summed E-state index contributed by atoms with van der Waals surface area (Å²) in [7, 11) is 1.66. The lowest BCUT2D eigenvalue weighted by molar-refractivity contribution is 0.397. The third-order valence-electron chi connectivity index (χ3n) is 3.33. The normalized spacial score (nSPS) is 12.6. The largest absolute Gasteiger partial charge is 0.493 e. The lowest BCUT2D eigenvalue weighted by Gasteiger charge is -2.20. The van der Waals surface area contributed by atoms with E-state index in [9.17, 15) is 0 Å². The fourth-order valence-corrected chi connectivity index (χ4v) is 2.59. The van der Waals surface area contributed by atoms with Gasteiger partial charge in [0.05, 0.1) is 25.6 Å². The molecule has 1 atom stereocenters. The summed E-state index contributed by atoms with van der Waals surface area (Å²) in [5, 5.41) is 8.32. The van der Waals surface area contributed by atoms with E-state index in [-0.39, 0.29) is 6.04 Å². The SMILES string of the molecule is CCCNC(c1ccoc1Cl)c1c(OC)cnn1CCC. The highest BCUT2D eigenvalue weighted by atomic mass is 35.5. The van der Waals surface area contributed by atoms with Crippen LogP contribution in [0.1, 0.15) is 44.0 Å². The Balaban J connectivity index is 2.45. The van der Waals surface area contributed by atoms with Crippen molar-refractivity contribution in [2.24, 2.45) is 0 Å². The average molecular weight is 312 g/mol. The fourth-order valence-electron chi connectivity index (χ4n) is 2.37. The van der Waals surface area contributed by atoms with Gasteiger partial charge in [-0.1, -0.05) is 13.8 Å². The van der Waals surface area contributed by atoms with Gasteiger partial charge in [0.2, 0.25) is 0 Å². The van der Waals surface area contributed by atoms with Crippen molar-refractivity contribution in [1.29, 1.82) is 0 Å². The number of methoxy groups -OCH3 is 1. The van der Waals surface area contributed by atoms with Gasteiger partial charge in [-0.25, -0.2) is 0 Å². The Morgan fingerprint density at radius 3 is 2.81 bits per heavy atom. The summed E-state index contributed by atoms with van der Waals surface area (Å²) in [6.07, 6.45) is 5.37. The molecular formula is C15H22ClN3O2. The first kappa shape index (κ1) is 15.9. The number of ether oxygens (including phenoxy) is 1. The first-order valence-electron chi connectivity index (χ1n) is 7.28. The second-order valence-corrected chi connectivity index (χ2v) is 5.20. The number of aryl methyl sites for hydroxylation is 1. The zero-order valence-corrected chi connectivity index (χ0v) is 13.5. The topological polar surface area (TPSA) is 52.2 Å². The smallest absolute Gasteiger partial charge is 0.198 e. The zero-order valence-electron chi connectivity index (χ0n) is 12.7. The number of nitrogens with one attached hydrogen (secondary N) is 1. The highest BCUT2D eigenvalue weighted by Gasteiger charge is 2.26. The quantitative estimate of drug-likeness (QED) is 0.808. The van der Waals surface area contributed by atoms with E-state index in [1.54, 1.807) is 19.6 Å². The lowest BCUT2D eigenvalue weighted by atomic mass is 10.1. The van der Waals surface area contributed by atoms with Crippen molar-refractivity contribution in [3.05, 3.63) is 35.0 Å². The van der Waals surface area contributed by atoms with Crippen LogP contribution in [0.25, 0.3) is 0 Å². The van der Waals surface area contributed by atoms with E-state index in [2.05, 4.69) is 24.3 Å². The summed E-state index contributed by atoms with van der Waals surface area (Å²) in [6.45, 7) is 5.95. The van der Waals surface area contributed by atoms with Crippen molar-refractivity contribution in [3.63, 3.8) is 0 Å². The van der Waals surface area contributed by atoms with Crippen LogP contribution in [-0.4, -0.2) is 23.4 Å². The van der Waals surface area contributed by atoms with E-state index in [0.717, 1.165) is 42.9 Å². The van der Waals surface area contributed by atoms with Crippen molar-refractivity contribution in [1.82, 2.24) is 15.1 Å². The van der Waals surface area contributed by atoms with E-state index >= 15 is 0 Å². The molecule has 0 aliphatic carbocycles. The van der Waals surface area contributed by atoms with Gasteiger partial charge in [-0.3, -0.25) is 4.68 Å². The van der Waals surface area contributed by atoms with Gasteiger partial charge < -0.3 is 14.5 Å². The highest BCUT2D eigenvalue weighted by molar-refractivity contribution is 6.29. The summed E-state index contributed by atoms with van der Waals surface area (Å²) >= 11 is 6.18. The maximum atomic E-state index is 6.18. The molecule has 0 bridgehead atoms. The van der Waals surface area contributed by atoms with Gasteiger partial charge in [0.15, 0.2) is 11.0 Å². The number of hydrogen-bond acceptors (Lipinski definition) is 4. The summed E-state index contributed by atoms with van der Waals surface area (Å²) in [6, 6.07) is 1.79. The molecule has 2 aromatic rings. The number of rotatable bonds is 8. The average Bonchev–Trinajstić information content (AvgIpc) is 3.08. The van der Waals surface area contributed by atoms with Crippen LogP contribution in [0.5, 0.6) is 5.75 Å². The molecule has 0 radical (unpaired) electrons. The van der Waals surface area contributed by atoms with Crippen molar-refractivity contribution in [2.75, 3.05) is 13.7 Å². The minimum absolute atomic E-state index is 0.0970. The van der Waals surface area contributed by atoms with Crippen LogP contribution in [0.4, 0.5) is 0 Å². The predicted molar refractivity (Wildman–Crippen MR) is 82.9 cm³/mol. The molecule has 0 spiro atoms. The Morgan fingerprint density at radius 2 is 2.24 bits per heavy atom. The summed E-state index contributed by atoms with van der Waals surface area (Å²) in [4.78, 5) is 0. The molecule has 2 rings (SSSR count). The van der Waals surface area contributed by atoms with Crippen LogP contribution < -0.4 is 10.1 Å². The maximum Gasteiger partial charge on any atom is 0.198 e. The number of halogens is 1. The standard InChI is InChI=1S/C15H22ClN3O2/c1-4-7-17-13(11-6-9-21-15(11)16)14-12(20-3)10-18-19(14)8-5-2/h6,9-10,13,17H,4-5,7-8H2,1-3H3. The second kappa shape index (κ2) is 7.52. The number of aromatic nitrogens is 2. The van der Waals surface area contributed by atoms with Gasteiger partial charge in [0.25, 0.3) is 0 Å². The molecule has 0 amide bonds. The molecule has 21 heavy (non-hydrogen) atoms.